The highest BCUT2D eigenvalue weighted by molar-refractivity contribution is 5.96. The molecule has 0 bridgehead atoms. The predicted molar refractivity (Wildman–Crippen MR) is 69.8 cm³/mol. The number of nitro groups is 1. The van der Waals surface area contributed by atoms with E-state index >= 15 is 0 Å². The standard InChI is InChI=1S/C13H16N2O4/c1-8(2)5-11(16)6-9-3-4-10(15(18)19)7-12(9)13(14)17/h3-4,7-8H,5-6H2,1-2H3,(H2,14,17). The lowest BCUT2D eigenvalue weighted by molar-refractivity contribution is -0.384. The number of nitrogens with zero attached hydrogens (tertiary/aromatic N) is 1. The van der Waals surface area contributed by atoms with Crippen LogP contribution in [0.1, 0.15) is 36.2 Å². The largest absolute Gasteiger partial charge is 0.366 e. The van der Waals surface area contributed by atoms with E-state index in [0.29, 0.717) is 12.0 Å². The number of primary amides is 1. The van der Waals surface area contributed by atoms with Gasteiger partial charge in [0.2, 0.25) is 5.91 Å². The SMILES string of the molecule is CC(C)CC(=O)Cc1ccc([N+](=O)[O-])cc1C(N)=O. The third-order valence-corrected chi connectivity index (χ3v) is 2.59. The molecule has 0 aliphatic rings. The highest BCUT2D eigenvalue weighted by Gasteiger charge is 2.17. The van der Waals surface area contributed by atoms with Crippen molar-refractivity contribution >= 4 is 17.4 Å². The zero-order chi connectivity index (χ0) is 14.6. The third-order valence-electron chi connectivity index (χ3n) is 2.59. The van der Waals surface area contributed by atoms with E-state index in [1.54, 1.807) is 0 Å². The summed E-state index contributed by atoms with van der Waals surface area (Å²) in [6.45, 7) is 3.84. The minimum atomic E-state index is -0.768. The van der Waals surface area contributed by atoms with Crippen molar-refractivity contribution in [1.29, 1.82) is 0 Å². The number of carbonyl (C=O) groups excluding carboxylic acids is 2. The lowest BCUT2D eigenvalue weighted by atomic mass is 9.97. The summed E-state index contributed by atoms with van der Waals surface area (Å²) in [5.74, 6) is -0.565. The van der Waals surface area contributed by atoms with Crippen LogP contribution in [0.5, 0.6) is 0 Å². The van der Waals surface area contributed by atoms with Crippen LogP contribution in [-0.4, -0.2) is 16.6 Å². The van der Waals surface area contributed by atoms with Crippen LogP contribution in [0.15, 0.2) is 18.2 Å². The van der Waals surface area contributed by atoms with Crippen molar-refractivity contribution < 1.29 is 14.5 Å². The van der Waals surface area contributed by atoms with Gasteiger partial charge in [0.25, 0.3) is 5.69 Å². The summed E-state index contributed by atoms with van der Waals surface area (Å²) in [5.41, 5.74) is 5.44. The van der Waals surface area contributed by atoms with E-state index < -0.39 is 10.8 Å². The molecule has 1 aromatic carbocycles. The molecule has 19 heavy (non-hydrogen) atoms. The summed E-state index contributed by atoms with van der Waals surface area (Å²) in [6, 6.07) is 3.79. The van der Waals surface area contributed by atoms with E-state index in [1.807, 2.05) is 13.8 Å². The number of benzene rings is 1. The molecular weight excluding hydrogens is 248 g/mol. The second kappa shape index (κ2) is 6.08. The van der Waals surface area contributed by atoms with E-state index in [-0.39, 0.29) is 29.4 Å². The highest BCUT2D eigenvalue weighted by Crippen LogP contribution is 2.19. The van der Waals surface area contributed by atoms with Crippen molar-refractivity contribution in [3.63, 3.8) is 0 Å². The van der Waals surface area contributed by atoms with Crippen molar-refractivity contribution in [3.8, 4) is 0 Å². The Balaban J connectivity index is 3.04. The fourth-order valence-electron chi connectivity index (χ4n) is 1.80. The summed E-state index contributed by atoms with van der Waals surface area (Å²) in [6.07, 6.45) is 0.462. The van der Waals surface area contributed by atoms with E-state index in [0.717, 1.165) is 6.07 Å². The Bertz CT molecular complexity index is 523. The Hall–Kier alpha value is -2.24. The van der Waals surface area contributed by atoms with Gasteiger partial charge in [0.05, 0.1) is 4.92 Å². The van der Waals surface area contributed by atoms with E-state index in [1.165, 1.54) is 12.1 Å². The number of Topliss-reactive ketones (excluding diaryl/α,β-unsaturated/α-hetero) is 1. The molecule has 1 aromatic rings. The summed E-state index contributed by atoms with van der Waals surface area (Å²) in [5, 5.41) is 10.6. The Kier molecular flexibility index (Phi) is 4.74. The third kappa shape index (κ3) is 4.17. The zero-order valence-corrected chi connectivity index (χ0v) is 10.9. The molecule has 0 aliphatic heterocycles. The first-order valence-corrected chi connectivity index (χ1v) is 5.90. The molecule has 0 spiro atoms. The maximum absolute atomic E-state index is 11.7. The molecule has 0 fully saturated rings. The summed E-state index contributed by atoms with van der Waals surface area (Å²) < 4.78 is 0. The molecular formula is C13H16N2O4. The van der Waals surface area contributed by atoms with Crippen molar-refractivity contribution in [2.24, 2.45) is 11.7 Å². The van der Waals surface area contributed by atoms with E-state index in [9.17, 15) is 19.7 Å². The molecule has 2 N–H and O–H groups in total. The monoisotopic (exact) mass is 264 g/mol. The molecule has 102 valence electrons. The molecule has 6 nitrogen and oxygen atoms in total. The topological polar surface area (TPSA) is 103 Å². The van der Waals surface area contributed by atoms with Gasteiger partial charge in [0.15, 0.2) is 0 Å². The van der Waals surface area contributed by atoms with Crippen LogP contribution in [0.25, 0.3) is 0 Å². The first kappa shape index (κ1) is 14.8. The van der Waals surface area contributed by atoms with Gasteiger partial charge in [-0.1, -0.05) is 19.9 Å². The van der Waals surface area contributed by atoms with Gasteiger partial charge in [-0.05, 0) is 11.5 Å². The molecule has 6 heteroatoms. The molecule has 1 rings (SSSR count). The normalized spacial score (nSPS) is 10.5. The number of ketones is 1. The van der Waals surface area contributed by atoms with Gasteiger partial charge in [-0.25, -0.2) is 0 Å². The molecule has 0 saturated carbocycles. The van der Waals surface area contributed by atoms with Gasteiger partial charge in [-0.3, -0.25) is 19.7 Å². The summed E-state index contributed by atoms with van der Waals surface area (Å²) in [7, 11) is 0. The number of hydrogen-bond donors (Lipinski definition) is 1. The summed E-state index contributed by atoms with van der Waals surface area (Å²) in [4.78, 5) is 33.1. The van der Waals surface area contributed by atoms with Crippen LogP contribution in [-0.2, 0) is 11.2 Å². The van der Waals surface area contributed by atoms with Crippen LogP contribution in [0.4, 0.5) is 5.69 Å². The van der Waals surface area contributed by atoms with Crippen molar-refractivity contribution in [1.82, 2.24) is 0 Å². The van der Waals surface area contributed by atoms with Crippen LogP contribution in [0.2, 0.25) is 0 Å². The maximum atomic E-state index is 11.7. The van der Waals surface area contributed by atoms with Crippen LogP contribution in [0, 0.1) is 16.0 Å². The van der Waals surface area contributed by atoms with Gasteiger partial charge in [-0.2, -0.15) is 0 Å². The Morgan fingerprint density at radius 2 is 2.00 bits per heavy atom. The smallest absolute Gasteiger partial charge is 0.270 e. The molecule has 0 aliphatic carbocycles. The molecule has 0 atom stereocenters. The fourth-order valence-corrected chi connectivity index (χ4v) is 1.80. The minimum absolute atomic E-state index is 0.0219. The number of hydrogen-bond acceptors (Lipinski definition) is 4. The number of nitrogens with two attached hydrogens (primary N) is 1. The lowest BCUT2D eigenvalue weighted by Crippen LogP contribution is -2.16. The second-order valence-corrected chi connectivity index (χ2v) is 4.78. The number of rotatable bonds is 6. The first-order valence-electron chi connectivity index (χ1n) is 5.90. The van der Waals surface area contributed by atoms with Crippen LogP contribution in [0.3, 0.4) is 0 Å². The van der Waals surface area contributed by atoms with Gasteiger partial charge >= 0.3 is 0 Å². The van der Waals surface area contributed by atoms with Crippen LogP contribution < -0.4 is 5.73 Å². The lowest BCUT2D eigenvalue weighted by Gasteiger charge is -2.07. The molecule has 0 saturated heterocycles. The maximum Gasteiger partial charge on any atom is 0.270 e. The Labute approximate surface area is 110 Å². The number of nitro benzene ring substituents is 1. The average Bonchev–Trinajstić information content (AvgIpc) is 2.27. The van der Waals surface area contributed by atoms with Gasteiger partial charge in [-0.15, -0.1) is 0 Å². The summed E-state index contributed by atoms with van der Waals surface area (Å²) >= 11 is 0. The van der Waals surface area contributed by atoms with Crippen molar-refractivity contribution in [2.45, 2.75) is 26.7 Å². The molecule has 0 radical (unpaired) electrons. The Morgan fingerprint density at radius 3 is 2.47 bits per heavy atom. The van der Waals surface area contributed by atoms with Gasteiger partial charge in [0.1, 0.15) is 5.78 Å². The fraction of sp³-hybridized carbons (Fsp3) is 0.385. The van der Waals surface area contributed by atoms with Crippen molar-refractivity contribution in [2.75, 3.05) is 0 Å². The molecule has 0 heterocycles. The molecule has 0 aromatic heterocycles. The minimum Gasteiger partial charge on any atom is -0.366 e. The quantitative estimate of drug-likeness (QED) is 0.625. The van der Waals surface area contributed by atoms with Crippen molar-refractivity contribution in [3.05, 3.63) is 39.4 Å². The Morgan fingerprint density at radius 1 is 1.37 bits per heavy atom. The average molecular weight is 264 g/mol. The van der Waals surface area contributed by atoms with E-state index in [2.05, 4.69) is 0 Å². The van der Waals surface area contributed by atoms with E-state index in [4.69, 9.17) is 5.73 Å². The van der Waals surface area contributed by atoms with Gasteiger partial charge in [0, 0.05) is 30.5 Å². The van der Waals surface area contributed by atoms with Crippen LogP contribution >= 0.6 is 0 Å². The van der Waals surface area contributed by atoms with Gasteiger partial charge < -0.3 is 5.73 Å². The number of carbonyl (C=O) groups is 2. The predicted octanol–water partition coefficient (Wildman–Crippen LogP) is 1.85. The number of non-ortho nitro benzene ring substituents is 1. The number of amides is 1. The first-order chi connectivity index (χ1) is 8.81. The molecule has 1 amide bonds. The molecule has 0 unspecified atom stereocenters. The zero-order valence-electron chi connectivity index (χ0n) is 10.9. The second-order valence-electron chi connectivity index (χ2n) is 4.78. The highest BCUT2D eigenvalue weighted by atomic mass is 16.6.